The van der Waals surface area contributed by atoms with Crippen LogP contribution in [0.1, 0.15) is 33.0 Å². The molecule has 0 aliphatic heterocycles. The van der Waals surface area contributed by atoms with Gasteiger partial charge in [-0.2, -0.15) is 0 Å². The summed E-state index contributed by atoms with van der Waals surface area (Å²) in [6, 6.07) is 2.15. The molecule has 1 aromatic rings. The normalized spacial score (nSPS) is 25.6. The van der Waals surface area contributed by atoms with E-state index in [1.807, 2.05) is 6.92 Å². The second-order valence-electron chi connectivity index (χ2n) is 5.43. The topological polar surface area (TPSA) is 73.1 Å². The van der Waals surface area contributed by atoms with Crippen molar-refractivity contribution in [3.8, 4) is 0 Å². The third-order valence-corrected chi connectivity index (χ3v) is 3.89. The first-order valence-corrected chi connectivity index (χ1v) is 6.40. The van der Waals surface area contributed by atoms with E-state index in [9.17, 15) is 0 Å². The highest BCUT2D eigenvalue weighted by Gasteiger charge is 2.48. The number of nitrogens with zero attached hydrogens (tertiary/aromatic N) is 2. The summed E-state index contributed by atoms with van der Waals surface area (Å²) in [5, 5.41) is 3.44. The van der Waals surface area contributed by atoms with Crippen LogP contribution in [0, 0.1) is 5.41 Å². The van der Waals surface area contributed by atoms with Gasteiger partial charge in [0.2, 0.25) is 0 Å². The zero-order valence-electron chi connectivity index (χ0n) is 11.5. The zero-order valence-corrected chi connectivity index (χ0v) is 11.5. The molecule has 2 atom stereocenters. The Kier molecular flexibility index (Phi) is 3.43. The highest BCUT2D eigenvalue weighted by molar-refractivity contribution is 5.46. The molecular formula is C13H22N4O. The molecule has 5 heteroatoms. The summed E-state index contributed by atoms with van der Waals surface area (Å²) in [4.78, 5) is 8.62. The fourth-order valence-corrected chi connectivity index (χ4v) is 2.46. The van der Waals surface area contributed by atoms with Gasteiger partial charge in [0.25, 0.3) is 0 Å². The second-order valence-corrected chi connectivity index (χ2v) is 5.43. The van der Waals surface area contributed by atoms with E-state index in [-0.39, 0.29) is 5.41 Å². The van der Waals surface area contributed by atoms with Crippen molar-refractivity contribution in [1.82, 2.24) is 9.97 Å². The van der Waals surface area contributed by atoms with Gasteiger partial charge in [-0.25, -0.2) is 9.97 Å². The first-order chi connectivity index (χ1) is 8.47. The van der Waals surface area contributed by atoms with Crippen LogP contribution in [0.15, 0.2) is 6.07 Å². The number of nitrogens with one attached hydrogen (secondary N) is 1. The second kappa shape index (κ2) is 4.72. The molecule has 2 rings (SSSR count). The molecule has 3 N–H and O–H groups in total. The minimum absolute atomic E-state index is 0.112. The first-order valence-electron chi connectivity index (χ1n) is 6.40. The van der Waals surface area contributed by atoms with E-state index in [2.05, 4.69) is 29.1 Å². The molecule has 1 aromatic heterocycles. The van der Waals surface area contributed by atoms with Gasteiger partial charge in [-0.05, 0) is 6.42 Å². The number of hydrogen-bond donors (Lipinski definition) is 2. The van der Waals surface area contributed by atoms with Crippen LogP contribution < -0.4 is 11.1 Å². The van der Waals surface area contributed by atoms with E-state index >= 15 is 0 Å². The quantitative estimate of drug-likeness (QED) is 0.853. The Morgan fingerprint density at radius 2 is 2.22 bits per heavy atom. The fraction of sp³-hybridized carbons (Fsp3) is 0.692. The average Bonchev–Trinajstić information content (AvgIpc) is 2.33. The number of anilines is 2. The maximum atomic E-state index is 5.78. The van der Waals surface area contributed by atoms with Gasteiger partial charge in [-0.3, -0.25) is 0 Å². The molecule has 2 unspecified atom stereocenters. The van der Waals surface area contributed by atoms with Crippen molar-refractivity contribution in [1.29, 1.82) is 0 Å². The number of nitrogen functional groups attached to an aromatic ring is 1. The van der Waals surface area contributed by atoms with Gasteiger partial charge in [0.05, 0.1) is 6.10 Å². The molecule has 0 amide bonds. The van der Waals surface area contributed by atoms with Gasteiger partial charge in [-0.15, -0.1) is 0 Å². The van der Waals surface area contributed by atoms with Gasteiger partial charge in [0.1, 0.15) is 17.5 Å². The largest absolute Gasteiger partial charge is 0.384 e. The Balaban J connectivity index is 2.09. The summed E-state index contributed by atoms with van der Waals surface area (Å²) < 4.78 is 5.44. The molecular weight excluding hydrogens is 228 g/mol. The number of ether oxygens (including phenoxy) is 1. The molecule has 0 aromatic carbocycles. The van der Waals surface area contributed by atoms with Crippen molar-refractivity contribution in [3.63, 3.8) is 0 Å². The Labute approximate surface area is 108 Å². The van der Waals surface area contributed by atoms with Crippen LogP contribution in [0.4, 0.5) is 11.6 Å². The summed E-state index contributed by atoms with van der Waals surface area (Å²) in [5.74, 6) is 2.11. The fourth-order valence-electron chi connectivity index (χ4n) is 2.46. The lowest BCUT2D eigenvalue weighted by molar-refractivity contribution is -0.0795. The lowest BCUT2D eigenvalue weighted by atomic mass is 9.64. The lowest BCUT2D eigenvalue weighted by Gasteiger charge is -2.51. The zero-order chi connectivity index (χ0) is 13.3. The molecule has 0 bridgehead atoms. The highest BCUT2D eigenvalue weighted by Crippen LogP contribution is 2.43. The minimum Gasteiger partial charge on any atom is -0.384 e. The van der Waals surface area contributed by atoms with E-state index < -0.39 is 0 Å². The summed E-state index contributed by atoms with van der Waals surface area (Å²) in [5.41, 5.74) is 5.89. The van der Waals surface area contributed by atoms with Gasteiger partial charge >= 0.3 is 0 Å². The summed E-state index contributed by atoms with van der Waals surface area (Å²) in [6.07, 6.45) is 2.09. The Hall–Kier alpha value is -1.36. The minimum atomic E-state index is 0.112. The first kappa shape index (κ1) is 13.1. The van der Waals surface area contributed by atoms with Gasteiger partial charge in [0, 0.05) is 31.1 Å². The standard InChI is InChI=1S/C13H22N4O/c1-5-11-16-10(14)7-12(17-11)15-8-6-9(18-4)13(8,2)3/h7-9H,5-6H2,1-4H3,(H3,14,15,16,17). The molecule has 100 valence electrons. The number of rotatable bonds is 4. The molecule has 0 saturated heterocycles. The van der Waals surface area contributed by atoms with Crippen LogP contribution in [0.2, 0.25) is 0 Å². The molecule has 1 aliphatic carbocycles. The molecule has 1 saturated carbocycles. The van der Waals surface area contributed by atoms with Crippen molar-refractivity contribution >= 4 is 11.6 Å². The van der Waals surface area contributed by atoms with Crippen molar-refractivity contribution in [2.45, 2.75) is 45.8 Å². The van der Waals surface area contributed by atoms with Crippen LogP contribution in [0.5, 0.6) is 0 Å². The van der Waals surface area contributed by atoms with Gasteiger partial charge in [-0.1, -0.05) is 20.8 Å². The average molecular weight is 250 g/mol. The molecule has 18 heavy (non-hydrogen) atoms. The van der Waals surface area contributed by atoms with Crippen molar-refractivity contribution in [2.75, 3.05) is 18.2 Å². The third-order valence-electron chi connectivity index (χ3n) is 3.89. The van der Waals surface area contributed by atoms with Crippen LogP contribution in [0.3, 0.4) is 0 Å². The SMILES string of the molecule is CCc1nc(N)cc(NC2CC(OC)C2(C)C)n1. The van der Waals surface area contributed by atoms with E-state index in [1.54, 1.807) is 13.2 Å². The van der Waals surface area contributed by atoms with E-state index in [1.165, 1.54) is 0 Å². The molecule has 1 aliphatic rings. The number of aryl methyl sites for hydroxylation is 1. The Morgan fingerprint density at radius 1 is 1.50 bits per heavy atom. The van der Waals surface area contributed by atoms with Crippen molar-refractivity contribution in [3.05, 3.63) is 11.9 Å². The maximum Gasteiger partial charge on any atom is 0.132 e. The molecule has 1 heterocycles. The van der Waals surface area contributed by atoms with Gasteiger partial charge in [0.15, 0.2) is 0 Å². The van der Waals surface area contributed by atoms with E-state index in [4.69, 9.17) is 10.5 Å². The predicted octanol–water partition coefficient (Wildman–Crippen LogP) is 1.85. The predicted molar refractivity (Wildman–Crippen MR) is 72.4 cm³/mol. The summed E-state index contributed by atoms with van der Waals surface area (Å²) >= 11 is 0. The van der Waals surface area contributed by atoms with Crippen LogP contribution in [0.25, 0.3) is 0 Å². The van der Waals surface area contributed by atoms with E-state index in [0.29, 0.717) is 18.0 Å². The highest BCUT2D eigenvalue weighted by atomic mass is 16.5. The Morgan fingerprint density at radius 3 is 2.78 bits per heavy atom. The maximum absolute atomic E-state index is 5.78. The van der Waals surface area contributed by atoms with Crippen LogP contribution >= 0.6 is 0 Å². The number of aromatic nitrogens is 2. The van der Waals surface area contributed by atoms with E-state index in [0.717, 1.165) is 24.5 Å². The van der Waals surface area contributed by atoms with Crippen LogP contribution in [-0.4, -0.2) is 29.2 Å². The lowest BCUT2D eigenvalue weighted by Crippen LogP contribution is -2.57. The van der Waals surface area contributed by atoms with Crippen molar-refractivity contribution in [2.24, 2.45) is 5.41 Å². The Bertz CT molecular complexity index is 433. The summed E-state index contributed by atoms with van der Waals surface area (Å²) in [6.45, 7) is 6.42. The van der Waals surface area contributed by atoms with Crippen molar-refractivity contribution < 1.29 is 4.74 Å². The number of hydrogen-bond acceptors (Lipinski definition) is 5. The monoisotopic (exact) mass is 250 g/mol. The summed E-state index contributed by atoms with van der Waals surface area (Å²) in [7, 11) is 1.76. The van der Waals surface area contributed by atoms with Crippen LogP contribution in [-0.2, 0) is 11.2 Å². The van der Waals surface area contributed by atoms with Gasteiger partial charge < -0.3 is 15.8 Å². The third kappa shape index (κ3) is 2.27. The number of nitrogens with two attached hydrogens (primary N) is 1. The molecule has 1 fully saturated rings. The number of methoxy groups -OCH3 is 1. The molecule has 0 spiro atoms. The molecule has 5 nitrogen and oxygen atoms in total. The molecule has 0 radical (unpaired) electrons. The smallest absolute Gasteiger partial charge is 0.132 e.